The number of likely N-dealkylation sites (N-methyl/N-ethyl adjacent to an activating group) is 1. The number of aromatic nitrogens is 2. The third-order valence-corrected chi connectivity index (χ3v) is 2.62. The fraction of sp³-hybridized carbons (Fsp3) is 0.545. The number of rotatable bonds is 2. The molecule has 5 nitrogen and oxygen atoms in total. The second-order valence-corrected chi connectivity index (χ2v) is 4.11. The van der Waals surface area contributed by atoms with Gasteiger partial charge in [-0.2, -0.15) is 0 Å². The molecule has 0 aromatic carbocycles. The molecule has 0 unspecified atom stereocenters. The Labute approximate surface area is 94.9 Å². The van der Waals surface area contributed by atoms with Gasteiger partial charge in [-0.15, -0.1) is 0 Å². The topological polar surface area (TPSA) is 58.1 Å². The van der Waals surface area contributed by atoms with Crippen LogP contribution >= 0.6 is 0 Å². The van der Waals surface area contributed by atoms with Crippen LogP contribution in [0.2, 0.25) is 0 Å². The number of hydrogen-bond acceptors (Lipinski definition) is 4. The number of nitrogens with one attached hydrogen (secondary N) is 1. The van der Waals surface area contributed by atoms with Crippen molar-refractivity contribution in [1.82, 2.24) is 9.97 Å². The van der Waals surface area contributed by atoms with E-state index in [1.165, 1.54) is 0 Å². The Bertz CT molecular complexity index is 416. The maximum Gasteiger partial charge on any atom is 0.246 e. The Morgan fingerprint density at radius 1 is 1.56 bits per heavy atom. The van der Waals surface area contributed by atoms with Gasteiger partial charge in [-0.25, -0.2) is 9.97 Å². The summed E-state index contributed by atoms with van der Waals surface area (Å²) in [7, 11) is 0. The summed E-state index contributed by atoms with van der Waals surface area (Å²) in [4.78, 5) is 22.0. The number of carbonyl (C=O) groups excluding carboxylic acids is 1. The summed E-state index contributed by atoms with van der Waals surface area (Å²) in [6.45, 7) is 7.01. The van der Waals surface area contributed by atoms with Crippen LogP contribution in [0.3, 0.4) is 0 Å². The SMILES string of the molecule is CCN1C(=O)CNc2nc(C(C)C)ncc21. The highest BCUT2D eigenvalue weighted by molar-refractivity contribution is 6.01. The first-order valence-corrected chi connectivity index (χ1v) is 5.54. The monoisotopic (exact) mass is 220 g/mol. The van der Waals surface area contributed by atoms with Gasteiger partial charge in [0, 0.05) is 12.5 Å². The van der Waals surface area contributed by atoms with Crippen LogP contribution in [0.25, 0.3) is 0 Å². The summed E-state index contributed by atoms with van der Waals surface area (Å²) in [5.74, 6) is 1.92. The molecule has 5 heteroatoms. The standard InChI is InChI=1S/C11H16N4O/c1-4-15-8-5-12-10(7(2)3)14-11(8)13-6-9(15)16/h5,7H,4,6H2,1-3H3,(H,12,13,14). The largest absolute Gasteiger partial charge is 0.359 e. The highest BCUT2D eigenvalue weighted by Gasteiger charge is 2.24. The van der Waals surface area contributed by atoms with Crippen LogP contribution in [-0.4, -0.2) is 29.0 Å². The molecule has 1 aliphatic rings. The van der Waals surface area contributed by atoms with Gasteiger partial charge in [0.15, 0.2) is 5.82 Å². The van der Waals surface area contributed by atoms with Gasteiger partial charge in [0.1, 0.15) is 11.5 Å². The fourth-order valence-electron chi connectivity index (χ4n) is 1.73. The van der Waals surface area contributed by atoms with Crippen molar-refractivity contribution in [1.29, 1.82) is 0 Å². The van der Waals surface area contributed by atoms with Gasteiger partial charge in [-0.3, -0.25) is 4.79 Å². The second kappa shape index (κ2) is 4.08. The molecule has 1 aromatic heterocycles. The van der Waals surface area contributed by atoms with Crippen molar-refractivity contribution >= 4 is 17.4 Å². The molecule has 0 radical (unpaired) electrons. The third-order valence-electron chi connectivity index (χ3n) is 2.62. The van der Waals surface area contributed by atoms with E-state index in [1.54, 1.807) is 11.1 Å². The quantitative estimate of drug-likeness (QED) is 0.818. The lowest BCUT2D eigenvalue weighted by Gasteiger charge is -2.28. The Kier molecular flexibility index (Phi) is 2.77. The predicted octanol–water partition coefficient (Wildman–Crippen LogP) is 1.38. The number of amides is 1. The number of nitrogens with zero attached hydrogens (tertiary/aromatic N) is 3. The first-order chi connectivity index (χ1) is 7.63. The lowest BCUT2D eigenvalue weighted by atomic mass is 10.2. The average molecular weight is 220 g/mol. The van der Waals surface area contributed by atoms with Crippen LogP contribution < -0.4 is 10.2 Å². The molecular formula is C11H16N4O. The van der Waals surface area contributed by atoms with Crippen molar-refractivity contribution in [3.05, 3.63) is 12.0 Å². The third kappa shape index (κ3) is 1.73. The van der Waals surface area contributed by atoms with Gasteiger partial charge >= 0.3 is 0 Å². The van der Waals surface area contributed by atoms with Gasteiger partial charge < -0.3 is 10.2 Å². The molecule has 0 aliphatic carbocycles. The lowest BCUT2D eigenvalue weighted by Crippen LogP contribution is -2.40. The van der Waals surface area contributed by atoms with Gasteiger partial charge in [-0.05, 0) is 6.92 Å². The molecule has 86 valence electrons. The van der Waals surface area contributed by atoms with Crippen molar-refractivity contribution in [3.8, 4) is 0 Å². The van der Waals surface area contributed by atoms with E-state index >= 15 is 0 Å². The van der Waals surface area contributed by atoms with Crippen molar-refractivity contribution in [3.63, 3.8) is 0 Å². The van der Waals surface area contributed by atoms with Gasteiger partial charge in [0.25, 0.3) is 0 Å². The normalized spacial score (nSPS) is 15.0. The highest BCUT2D eigenvalue weighted by Crippen LogP contribution is 2.27. The minimum absolute atomic E-state index is 0.0656. The van der Waals surface area contributed by atoms with Crippen LogP contribution in [0.15, 0.2) is 6.20 Å². The Morgan fingerprint density at radius 2 is 2.31 bits per heavy atom. The lowest BCUT2D eigenvalue weighted by molar-refractivity contribution is -0.117. The number of anilines is 2. The van der Waals surface area contributed by atoms with E-state index in [9.17, 15) is 4.79 Å². The zero-order valence-electron chi connectivity index (χ0n) is 9.82. The minimum Gasteiger partial charge on any atom is -0.359 e. The predicted molar refractivity (Wildman–Crippen MR) is 62.6 cm³/mol. The Hall–Kier alpha value is -1.65. The van der Waals surface area contributed by atoms with Crippen molar-refractivity contribution in [2.45, 2.75) is 26.7 Å². The van der Waals surface area contributed by atoms with E-state index in [0.717, 1.165) is 17.3 Å². The van der Waals surface area contributed by atoms with E-state index in [0.29, 0.717) is 19.0 Å². The van der Waals surface area contributed by atoms with E-state index < -0.39 is 0 Å². The highest BCUT2D eigenvalue weighted by atomic mass is 16.2. The summed E-state index contributed by atoms with van der Waals surface area (Å²) in [6, 6.07) is 0. The first-order valence-electron chi connectivity index (χ1n) is 5.54. The molecule has 0 spiro atoms. The summed E-state index contributed by atoms with van der Waals surface area (Å²) < 4.78 is 0. The van der Waals surface area contributed by atoms with Crippen LogP contribution in [0.5, 0.6) is 0 Å². The number of carbonyl (C=O) groups is 1. The molecule has 0 saturated heterocycles. The molecule has 2 rings (SSSR count). The van der Waals surface area contributed by atoms with Gasteiger partial charge in [0.05, 0.1) is 12.7 Å². The average Bonchev–Trinajstić information content (AvgIpc) is 2.28. The Morgan fingerprint density at radius 3 is 2.94 bits per heavy atom. The van der Waals surface area contributed by atoms with Crippen LogP contribution in [-0.2, 0) is 4.79 Å². The number of hydrogen-bond donors (Lipinski definition) is 1. The molecule has 0 bridgehead atoms. The maximum atomic E-state index is 11.6. The summed E-state index contributed by atoms with van der Waals surface area (Å²) in [6.07, 6.45) is 1.73. The summed E-state index contributed by atoms with van der Waals surface area (Å²) in [5.41, 5.74) is 0.781. The van der Waals surface area contributed by atoms with Crippen molar-refractivity contribution < 1.29 is 4.79 Å². The molecule has 0 fully saturated rings. The molecule has 0 atom stereocenters. The van der Waals surface area contributed by atoms with Crippen molar-refractivity contribution in [2.24, 2.45) is 0 Å². The molecular weight excluding hydrogens is 204 g/mol. The second-order valence-electron chi connectivity index (χ2n) is 4.11. The van der Waals surface area contributed by atoms with E-state index in [4.69, 9.17) is 0 Å². The summed E-state index contributed by atoms with van der Waals surface area (Å²) >= 11 is 0. The van der Waals surface area contributed by atoms with Crippen LogP contribution in [0.4, 0.5) is 11.5 Å². The van der Waals surface area contributed by atoms with Crippen LogP contribution in [0.1, 0.15) is 32.5 Å². The van der Waals surface area contributed by atoms with Gasteiger partial charge in [-0.1, -0.05) is 13.8 Å². The minimum atomic E-state index is 0.0656. The zero-order chi connectivity index (χ0) is 11.7. The van der Waals surface area contributed by atoms with E-state index in [1.807, 2.05) is 20.8 Å². The smallest absolute Gasteiger partial charge is 0.246 e. The van der Waals surface area contributed by atoms with Crippen molar-refractivity contribution in [2.75, 3.05) is 23.3 Å². The maximum absolute atomic E-state index is 11.6. The molecule has 0 saturated carbocycles. The molecule has 1 N–H and O–H groups in total. The van der Waals surface area contributed by atoms with E-state index in [2.05, 4.69) is 15.3 Å². The molecule has 16 heavy (non-hydrogen) atoms. The summed E-state index contributed by atoms with van der Waals surface area (Å²) in [5, 5.41) is 3.03. The van der Waals surface area contributed by atoms with E-state index in [-0.39, 0.29) is 5.91 Å². The molecule has 2 heterocycles. The zero-order valence-corrected chi connectivity index (χ0v) is 9.82. The Balaban J connectivity index is 2.42. The molecule has 1 amide bonds. The number of fused-ring (bicyclic) bond motifs is 1. The molecule has 1 aromatic rings. The van der Waals surface area contributed by atoms with Gasteiger partial charge in [0.2, 0.25) is 5.91 Å². The first kappa shape index (κ1) is 10.9. The van der Waals surface area contributed by atoms with Crippen LogP contribution in [0, 0.1) is 0 Å². The fourth-order valence-corrected chi connectivity index (χ4v) is 1.73. The molecule has 1 aliphatic heterocycles.